The van der Waals surface area contributed by atoms with Gasteiger partial charge in [-0.15, -0.1) is 0 Å². The van der Waals surface area contributed by atoms with E-state index in [1.54, 1.807) is 0 Å². The van der Waals surface area contributed by atoms with Gasteiger partial charge in [0.2, 0.25) is 0 Å². The minimum Gasteiger partial charge on any atom is -0.477 e. The molecule has 0 saturated heterocycles. The van der Waals surface area contributed by atoms with E-state index < -0.39 is 5.97 Å². The lowest BCUT2D eigenvalue weighted by molar-refractivity contribution is 0.0702. The maximum Gasteiger partial charge on any atom is 0.348 e. The average Bonchev–Trinajstić information content (AvgIpc) is 3.06. The maximum absolute atomic E-state index is 11.6. The summed E-state index contributed by atoms with van der Waals surface area (Å²) in [5.41, 5.74) is 2.16. The molecule has 25 heavy (non-hydrogen) atoms. The molecule has 2 N–H and O–H groups in total. The summed E-state index contributed by atoms with van der Waals surface area (Å²) in [6, 6.07) is 23.5. The number of fused-ring (bicyclic) bond motifs is 1. The minimum atomic E-state index is -0.970. The molecule has 0 aliphatic heterocycles. The summed E-state index contributed by atoms with van der Waals surface area (Å²) in [4.78, 5) is 16.3. The Kier molecular flexibility index (Phi) is 3.91. The summed E-state index contributed by atoms with van der Waals surface area (Å²) in [6.07, 6.45) is 0. The Morgan fingerprint density at radius 1 is 0.920 bits per heavy atom. The summed E-state index contributed by atoms with van der Waals surface area (Å²) in [6.45, 7) is 0. The zero-order valence-electron chi connectivity index (χ0n) is 13.1. The molecular formula is C20H14N2O2S. The smallest absolute Gasteiger partial charge is 0.348 e. The fraction of sp³-hybridized carbons (Fsp3) is 0. The highest BCUT2D eigenvalue weighted by atomic mass is 32.1. The van der Waals surface area contributed by atoms with Gasteiger partial charge in [0.1, 0.15) is 4.88 Å². The van der Waals surface area contributed by atoms with Gasteiger partial charge in [0, 0.05) is 11.3 Å². The first-order valence-electron chi connectivity index (χ1n) is 7.76. The summed E-state index contributed by atoms with van der Waals surface area (Å²) in [5.74, 6) is -0.970. The number of aromatic nitrogens is 1. The van der Waals surface area contributed by atoms with E-state index in [1.807, 2.05) is 66.7 Å². The van der Waals surface area contributed by atoms with E-state index in [2.05, 4.69) is 16.4 Å². The predicted molar refractivity (Wildman–Crippen MR) is 102 cm³/mol. The Labute approximate surface area is 148 Å². The lowest BCUT2D eigenvalue weighted by Crippen LogP contribution is -1.95. The van der Waals surface area contributed by atoms with E-state index in [4.69, 9.17) is 0 Å². The number of carboxylic acid groups (broad SMARTS) is 1. The van der Waals surface area contributed by atoms with Crippen molar-refractivity contribution in [1.82, 2.24) is 4.98 Å². The van der Waals surface area contributed by atoms with Gasteiger partial charge in [-0.25, -0.2) is 9.78 Å². The topological polar surface area (TPSA) is 62.2 Å². The van der Waals surface area contributed by atoms with E-state index in [0.29, 0.717) is 10.8 Å². The standard InChI is InChI=1S/C20H14N2O2S/c23-19(24)18-17(14-7-2-1-3-8-14)22-20(25-18)21-16-11-10-13-6-4-5-9-15(13)12-16/h1-12H,(H,21,22)(H,23,24). The zero-order chi connectivity index (χ0) is 17.2. The second kappa shape index (κ2) is 6.37. The third kappa shape index (κ3) is 3.09. The third-order valence-corrected chi connectivity index (χ3v) is 4.83. The number of nitrogens with one attached hydrogen (secondary N) is 1. The summed E-state index contributed by atoms with van der Waals surface area (Å²) in [7, 11) is 0. The molecule has 5 heteroatoms. The monoisotopic (exact) mass is 346 g/mol. The Morgan fingerprint density at radius 2 is 1.64 bits per heavy atom. The highest BCUT2D eigenvalue weighted by Crippen LogP contribution is 2.33. The molecule has 0 aliphatic rings. The van der Waals surface area contributed by atoms with Crippen LogP contribution in [0.2, 0.25) is 0 Å². The number of hydrogen-bond acceptors (Lipinski definition) is 4. The number of aromatic carboxylic acids is 1. The van der Waals surface area contributed by atoms with Crippen LogP contribution < -0.4 is 5.32 Å². The molecule has 122 valence electrons. The molecule has 4 aromatic rings. The van der Waals surface area contributed by atoms with Crippen LogP contribution in [0.15, 0.2) is 72.8 Å². The van der Waals surface area contributed by atoms with E-state index in [-0.39, 0.29) is 4.88 Å². The van der Waals surface area contributed by atoms with Crippen molar-refractivity contribution in [3.8, 4) is 11.3 Å². The number of benzene rings is 3. The number of thiazole rings is 1. The van der Waals surface area contributed by atoms with Gasteiger partial charge in [-0.1, -0.05) is 72.0 Å². The fourth-order valence-electron chi connectivity index (χ4n) is 2.70. The molecule has 1 heterocycles. The Balaban J connectivity index is 1.71. The van der Waals surface area contributed by atoms with E-state index in [1.165, 1.54) is 0 Å². The lowest BCUT2D eigenvalue weighted by atomic mass is 10.1. The normalized spacial score (nSPS) is 10.7. The van der Waals surface area contributed by atoms with Gasteiger partial charge in [0.05, 0.1) is 5.69 Å². The van der Waals surface area contributed by atoms with Gasteiger partial charge < -0.3 is 10.4 Å². The van der Waals surface area contributed by atoms with Crippen molar-refractivity contribution in [2.45, 2.75) is 0 Å². The molecule has 0 aliphatic carbocycles. The molecular weight excluding hydrogens is 332 g/mol. The first kappa shape index (κ1) is 15.4. The van der Waals surface area contributed by atoms with Crippen molar-refractivity contribution in [2.24, 2.45) is 0 Å². The van der Waals surface area contributed by atoms with E-state index >= 15 is 0 Å². The molecule has 4 nitrogen and oxygen atoms in total. The van der Waals surface area contributed by atoms with E-state index in [9.17, 15) is 9.90 Å². The van der Waals surface area contributed by atoms with Crippen LogP contribution in [-0.2, 0) is 0 Å². The minimum absolute atomic E-state index is 0.231. The van der Waals surface area contributed by atoms with Crippen LogP contribution in [0.3, 0.4) is 0 Å². The molecule has 0 spiro atoms. The van der Waals surface area contributed by atoms with Crippen molar-refractivity contribution in [3.63, 3.8) is 0 Å². The molecule has 3 aromatic carbocycles. The maximum atomic E-state index is 11.6. The average molecular weight is 346 g/mol. The molecule has 0 unspecified atom stereocenters. The number of nitrogens with zero attached hydrogens (tertiary/aromatic N) is 1. The predicted octanol–water partition coefficient (Wildman–Crippen LogP) is 5.41. The Hall–Kier alpha value is -3.18. The third-order valence-electron chi connectivity index (χ3n) is 3.87. The van der Waals surface area contributed by atoms with Crippen molar-refractivity contribution in [2.75, 3.05) is 5.32 Å². The number of carbonyl (C=O) groups is 1. The van der Waals surface area contributed by atoms with Crippen LogP contribution in [0.4, 0.5) is 10.8 Å². The number of hydrogen-bond donors (Lipinski definition) is 2. The Bertz CT molecular complexity index is 1060. The largest absolute Gasteiger partial charge is 0.477 e. The molecule has 0 bridgehead atoms. The van der Waals surface area contributed by atoms with Crippen LogP contribution in [0.25, 0.3) is 22.0 Å². The second-order valence-corrected chi connectivity index (χ2v) is 6.55. The lowest BCUT2D eigenvalue weighted by Gasteiger charge is -2.04. The first-order chi connectivity index (χ1) is 12.2. The summed E-state index contributed by atoms with van der Waals surface area (Å²) in [5, 5.41) is 15.5. The number of carboxylic acids is 1. The van der Waals surface area contributed by atoms with Gasteiger partial charge in [-0.2, -0.15) is 0 Å². The molecule has 4 rings (SSSR count). The fourth-order valence-corrected chi connectivity index (χ4v) is 3.55. The summed E-state index contributed by atoms with van der Waals surface area (Å²) < 4.78 is 0. The SMILES string of the molecule is O=C(O)c1sc(Nc2ccc3ccccc3c2)nc1-c1ccccc1. The van der Waals surface area contributed by atoms with E-state index in [0.717, 1.165) is 33.4 Å². The van der Waals surface area contributed by atoms with Gasteiger partial charge >= 0.3 is 5.97 Å². The zero-order valence-corrected chi connectivity index (χ0v) is 14.0. The highest BCUT2D eigenvalue weighted by molar-refractivity contribution is 7.18. The van der Waals surface area contributed by atoms with Crippen LogP contribution in [0.5, 0.6) is 0 Å². The van der Waals surface area contributed by atoms with Gasteiger partial charge in [0.15, 0.2) is 5.13 Å². The van der Waals surface area contributed by atoms with Crippen LogP contribution in [0, 0.1) is 0 Å². The number of anilines is 2. The molecule has 0 saturated carbocycles. The van der Waals surface area contributed by atoms with Crippen molar-refractivity contribution < 1.29 is 9.90 Å². The quantitative estimate of drug-likeness (QED) is 0.519. The van der Waals surface area contributed by atoms with Crippen LogP contribution >= 0.6 is 11.3 Å². The highest BCUT2D eigenvalue weighted by Gasteiger charge is 2.18. The molecule has 0 fully saturated rings. The molecule has 0 atom stereocenters. The van der Waals surface area contributed by atoms with Gasteiger partial charge in [-0.05, 0) is 22.9 Å². The van der Waals surface area contributed by atoms with Gasteiger partial charge in [0.25, 0.3) is 0 Å². The van der Waals surface area contributed by atoms with Gasteiger partial charge in [-0.3, -0.25) is 0 Å². The van der Waals surface area contributed by atoms with Crippen molar-refractivity contribution in [1.29, 1.82) is 0 Å². The van der Waals surface area contributed by atoms with Crippen LogP contribution in [0.1, 0.15) is 9.67 Å². The van der Waals surface area contributed by atoms with Crippen LogP contribution in [-0.4, -0.2) is 16.1 Å². The first-order valence-corrected chi connectivity index (χ1v) is 8.58. The Morgan fingerprint density at radius 3 is 2.40 bits per heavy atom. The van der Waals surface area contributed by atoms with Crippen molar-refractivity contribution in [3.05, 3.63) is 77.7 Å². The molecule has 1 aromatic heterocycles. The summed E-state index contributed by atoms with van der Waals surface area (Å²) >= 11 is 1.14. The second-order valence-electron chi connectivity index (χ2n) is 5.55. The number of rotatable bonds is 4. The van der Waals surface area contributed by atoms with Crippen molar-refractivity contribution >= 4 is 38.9 Å². The molecule has 0 amide bonds. The molecule has 0 radical (unpaired) electrons.